The van der Waals surface area contributed by atoms with Gasteiger partial charge < -0.3 is 18.9 Å². The summed E-state index contributed by atoms with van der Waals surface area (Å²) in [6.07, 6.45) is 5.70. The summed E-state index contributed by atoms with van der Waals surface area (Å²) in [5, 5.41) is 1.62. The highest BCUT2D eigenvalue weighted by Crippen LogP contribution is 2.65. The summed E-state index contributed by atoms with van der Waals surface area (Å²) in [7, 11) is 0. The maximum atomic E-state index is 11.7. The molecule has 6 unspecified atom stereocenters. The van der Waals surface area contributed by atoms with E-state index in [0.717, 1.165) is 33.8 Å². The SMILES string of the molecule is C=C(C)C(=O)OCC(CC1SCCCS1)OC(=O)C(=C)C.C=C(C)C(=O)OCC1(C)SC2C3CCC(C3)C2S1.C=C(C)C(=O)OCC1(C)Sc2cccc(C)c2S1. The van der Waals surface area contributed by atoms with Crippen LogP contribution in [0.15, 0.2) is 76.6 Å². The Balaban J connectivity index is 0.000000190. The summed E-state index contributed by atoms with van der Waals surface area (Å²) in [5.41, 5.74) is 2.89. The second-order valence-corrected chi connectivity index (χ2v) is 25.4. The minimum atomic E-state index is -0.463. The van der Waals surface area contributed by atoms with E-state index in [-0.39, 0.29) is 26.7 Å². The maximum absolute atomic E-state index is 11.7. The van der Waals surface area contributed by atoms with Crippen LogP contribution in [0, 0.1) is 18.8 Å². The lowest BCUT2D eigenvalue weighted by molar-refractivity contribution is -0.154. The molecule has 5 aliphatic rings. The van der Waals surface area contributed by atoms with Crippen molar-refractivity contribution < 1.29 is 38.1 Å². The van der Waals surface area contributed by atoms with E-state index in [2.05, 4.69) is 88.8 Å². The molecule has 2 saturated carbocycles. The van der Waals surface area contributed by atoms with Crippen molar-refractivity contribution in [2.75, 3.05) is 31.3 Å². The number of benzene rings is 1. The summed E-state index contributed by atoms with van der Waals surface area (Å²) >= 11 is 11.4. The summed E-state index contributed by atoms with van der Waals surface area (Å²) in [4.78, 5) is 48.7. The number of rotatable bonds is 13. The predicted octanol–water partition coefficient (Wildman–Crippen LogP) is 10.7. The zero-order chi connectivity index (χ0) is 42.1. The molecule has 6 atom stereocenters. The van der Waals surface area contributed by atoms with Crippen LogP contribution in [-0.2, 0) is 38.1 Å². The zero-order valence-electron chi connectivity index (χ0n) is 34.3. The number of esters is 4. The van der Waals surface area contributed by atoms with Crippen molar-refractivity contribution in [2.24, 2.45) is 11.8 Å². The molecule has 1 aromatic carbocycles. The molecular formula is C43H58O8S6. The van der Waals surface area contributed by atoms with E-state index in [0.29, 0.717) is 46.5 Å². The molecule has 6 rings (SSSR count). The first-order valence-corrected chi connectivity index (χ1v) is 24.7. The van der Waals surface area contributed by atoms with E-state index < -0.39 is 18.0 Å². The van der Waals surface area contributed by atoms with Crippen LogP contribution in [0.5, 0.6) is 0 Å². The minimum Gasteiger partial charge on any atom is -0.460 e. The molecule has 0 amide bonds. The number of fused-ring (bicyclic) bond motifs is 6. The molecule has 2 saturated heterocycles. The van der Waals surface area contributed by atoms with Crippen LogP contribution in [-0.4, -0.2) is 84.5 Å². The van der Waals surface area contributed by atoms with E-state index in [1.807, 2.05) is 23.5 Å². The van der Waals surface area contributed by atoms with Gasteiger partial charge >= 0.3 is 23.9 Å². The molecule has 0 spiro atoms. The van der Waals surface area contributed by atoms with Gasteiger partial charge in [0.15, 0.2) is 0 Å². The van der Waals surface area contributed by atoms with E-state index in [1.54, 1.807) is 51.2 Å². The second kappa shape index (κ2) is 21.6. The Morgan fingerprint density at radius 3 is 1.75 bits per heavy atom. The van der Waals surface area contributed by atoms with Gasteiger partial charge in [-0.25, -0.2) is 19.2 Å². The van der Waals surface area contributed by atoms with Crippen molar-refractivity contribution in [1.82, 2.24) is 0 Å². The molecule has 3 aliphatic heterocycles. The maximum Gasteiger partial charge on any atom is 0.333 e. The Labute approximate surface area is 365 Å². The fourth-order valence-electron chi connectivity index (χ4n) is 6.77. The second-order valence-electron chi connectivity index (χ2n) is 15.5. The highest BCUT2D eigenvalue weighted by Gasteiger charge is 2.57. The molecule has 2 bridgehead atoms. The molecular weight excluding hydrogens is 837 g/mol. The quantitative estimate of drug-likeness (QED) is 0.107. The molecule has 3 heterocycles. The molecule has 0 aromatic heterocycles. The topological polar surface area (TPSA) is 105 Å². The summed E-state index contributed by atoms with van der Waals surface area (Å²) in [5.74, 6) is 2.61. The Bertz CT molecular complexity index is 1690. The van der Waals surface area contributed by atoms with Gasteiger partial charge in [-0.2, -0.15) is 0 Å². The Kier molecular flexibility index (Phi) is 18.1. The molecule has 4 fully saturated rings. The third-order valence-corrected chi connectivity index (χ3v) is 19.6. The van der Waals surface area contributed by atoms with Crippen molar-refractivity contribution in [1.29, 1.82) is 0 Å². The standard InChI is InChI=1S/C15H22O4S2.C14H20O2S2.C14H16O2S2/c1-10(2)14(16)18-9-12(19-15(17)11(3)4)8-13-20-6-5-7-21-13;1-8(2)13(15)16-7-14(3)17-11-9-4-5-10(6-9)12(11)18-14;1-9(2)13(15)16-8-14(4)17-11-7-5-6-10(3)12(11)18-14/h12-13H,1,3,5-9H2,2,4H3;9-12H,1,4-7H2,2-3H3;5-7H,1,8H2,2-4H3. The molecule has 0 radical (unpaired) electrons. The van der Waals surface area contributed by atoms with E-state index in [9.17, 15) is 19.2 Å². The van der Waals surface area contributed by atoms with Gasteiger partial charge in [0.1, 0.15) is 30.0 Å². The van der Waals surface area contributed by atoms with Crippen molar-refractivity contribution in [3.05, 3.63) is 72.4 Å². The van der Waals surface area contributed by atoms with E-state index in [1.165, 1.54) is 41.0 Å². The molecule has 57 heavy (non-hydrogen) atoms. The smallest absolute Gasteiger partial charge is 0.333 e. The first-order chi connectivity index (χ1) is 26.8. The Morgan fingerprint density at radius 2 is 1.25 bits per heavy atom. The van der Waals surface area contributed by atoms with Crippen LogP contribution in [0.1, 0.15) is 79.2 Å². The lowest BCUT2D eigenvalue weighted by Crippen LogP contribution is -2.29. The average Bonchev–Trinajstić information content (AvgIpc) is 3.94. The van der Waals surface area contributed by atoms with Crippen LogP contribution >= 0.6 is 70.6 Å². The molecule has 2 aliphatic carbocycles. The zero-order valence-corrected chi connectivity index (χ0v) is 39.2. The first kappa shape index (κ1) is 47.8. The Morgan fingerprint density at radius 1 is 0.737 bits per heavy atom. The van der Waals surface area contributed by atoms with Crippen LogP contribution in [0.4, 0.5) is 0 Å². The van der Waals surface area contributed by atoms with Gasteiger partial charge in [0.05, 0.1) is 8.66 Å². The number of carbonyl (C=O) groups excluding carboxylic acids is 4. The summed E-state index contributed by atoms with van der Waals surface area (Å²) < 4.78 is 21.4. The molecule has 8 nitrogen and oxygen atoms in total. The van der Waals surface area contributed by atoms with Gasteiger partial charge in [-0.1, -0.05) is 38.4 Å². The number of hydrogen-bond acceptors (Lipinski definition) is 14. The minimum absolute atomic E-state index is 0.0572. The lowest BCUT2D eigenvalue weighted by Gasteiger charge is -2.25. The Hall–Kier alpha value is -1.84. The van der Waals surface area contributed by atoms with Crippen LogP contribution in [0.25, 0.3) is 0 Å². The van der Waals surface area contributed by atoms with Crippen molar-refractivity contribution in [3.8, 4) is 0 Å². The molecule has 314 valence electrons. The highest BCUT2D eigenvalue weighted by atomic mass is 32.2. The average molecular weight is 895 g/mol. The van der Waals surface area contributed by atoms with Crippen LogP contribution < -0.4 is 0 Å². The van der Waals surface area contributed by atoms with Crippen LogP contribution in [0.3, 0.4) is 0 Å². The summed E-state index contributed by atoms with van der Waals surface area (Å²) in [6.45, 7) is 28.3. The van der Waals surface area contributed by atoms with Crippen molar-refractivity contribution >= 4 is 94.4 Å². The highest BCUT2D eigenvalue weighted by molar-refractivity contribution is 8.22. The number of carbonyl (C=O) groups is 4. The third-order valence-electron chi connectivity index (χ3n) is 9.71. The van der Waals surface area contributed by atoms with Crippen LogP contribution in [0.2, 0.25) is 0 Å². The first-order valence-electron chi connectivity index (χ1n) is 19.2. The largest absolute Gasteiger partial charge is 0.460 e. The number of hydrogen-bond donors (Lipinski definition) is 0. The number of aryl methyl sites for hydroxylation is 1. The number of ether oxygens (including phenoxy) is 4. The van der Waals surface area contributed by atoms with E-state index >= 15 is 0 Å². The van der Waals surface area contributed by atoms with Gasteiger partial charge in [0.2, 0.25) is 0 Å². The predicted molar refractivity (Wildman–Crippen MR) is 243 cm³/mol. The van der Waals surface area contributed by atoms with Gasteiger partial charge in [-0.15, -0.1) is 70.6 Å². The number of thioether (sulfide) groups is 6. The fourth-order valence-corrected chi connectivity index (χ4v) is 16.9. The van der Waals surface area contributed by atoms with Gasteiger partial charge in [0, 0.05) is 49.0 Å². The van der Waals surface area contributed by atoms with E-state index in [4.69, 9.17) is 18.9 Å². The van der Waals surface area contributed by atoms with Crippen molar-refractivity contribution in [2.45, 2.75) is 120 Å². The van der Waals surface area contributed by atoms with Gasteiger partial charge in [-0.05, 0) is 109 Å². The lowest BCUT2D eigenvalue weighted by atomic mass is 10.00. The van der Waals surface area contributed by atoms with Gasteiger partial charge in [0.25, 0.3) is 0 Å². The normalized spacial score (nSPS) is 27.2. The van der Waals surface area contributed by atoms with Gasteiger partial charge in [-0.3, -0.25) is 0 Å². The molecule has 1 aromatic rings. The van der Waals surface area contributed by atoms with Crippen molar-refractivity contribution in [3.63, 3.8) is 0 Å². The third kappa shape index (κ3) is 14.1. The summed E-state index contributed by atoms with van der Waals surface area (Å²) in [6, 6.07) is 6.29. The fraction of sp³-hybridized carbons (Fsp3) is 0.581. The molecule has 14 heteroatoms. The monoisotopic (exact) mass is 894 g/mol. The molecule has 0 N–H and O–H groups in total.